The molecule has 0 N–H and O–H groups in total. The molecule has 0 fully saturated rings. The first-order valence-electron chi connectivity index (χ1n) is 4.55. The van der Waals surface area contributed by atoms with Gasteiger partial charge in [-0.1, -0.05) is 0 Å². The van der Waals surface area contributed by atoms with Crippen molar-refractivity contribution in [1.29, 1.82) is 0 Å². The summed E-state index contributed by atoms with van der Waals surface area (Å²) in [5.41, 5.74) is -0.739. The van der Waals surface area contributed by atoms with Gasteiger partial charge in [0.05, 0.1) is 12.2 Å². The Morgan fingerprint density at radius 3 is 1.33 bits per heavy atom. The third-order valence-corrected chi connectivity index (χ3v) is 1.20. The molecule has 0 bridgehead atoms. The van der Waals surface area contributed by atoms with E-state index in [1.165, 1.54) is 5.94 Å². The molecule has 0 atom stereocenters. The molecular formula is C10H14K2O5S. The van der Waals surface area contributed by atoms with Gasteiger partial charge in [-0.15, -0.1) is 0 Å². The van der Waals surface area contributed by atoms with E-state index >= 15 is 0 Å². The third kappa shape index (κ3) is 13.0. The van der Waals surface area contributed by atoms with Crippen molar-refractivity contribution >= 4 is 31.4 Å². The van der Waals surface area contributed by atoms with Gasteiger partial charge in [-0.2, -0.15) is 0 Å². The topological polar surface area (TPSA) is 69.7 Å². The van der Waals surface area contributed by atoms with E-state index < -0.39 is 29.7 Å². The van der Waals surface area contributed by atoms with Crippen LogP contribution in [0.3, 0.4) is 0 Å². The molecule has 0 saturated heterocycles. The first kappa shape index (κ1) is 28.2. The van der Waals surface area contributed by atoms with Crippen molar-refractivity contribution in [3.63, 3.8) is 0 Å². The molecule has 0 saturated carbocycles. The molecule has 0 aromatic heterocycles. The van der Waals surface area contributed by atoms with E-state index in [1.54, 1.807) is 27.7 Å². The number of hydrogen-bond acceptors (Lipinski definition) is 5. The van der Waals surface area contributed by atoms with Crippen LogP contribution in [-0.2, 0) is 37.4 Å². The van der Waals surface area contributed by atoms with Crippen LogP contribution in [-0.4, -0.2) is 30.1 Å². The van der Waals surface area contributed by atoms with Gasteiger partial charge in [0.1, 0.15) is 5.94 Å². The van der Waals surface area contributed by atoms with Gasteiger partial charge >= 0.3 is 115 Å². The number of carbonyl (C=O) groups excluding carboxylic acids is 3. The molecule has 92 valence electrons. The third-order valence-electron chi connectivity index (χ3n) is 1.20. The Bertz CT molecular complexity index is 287. The first-order valence-corrected chi connectivity index (χ1v) is 4.55. The fraction of sp³-hybridized carbons (Fsp3) is 0.600. The van der Waals surface area contributed by atoms with Gasteiger partial charge in [-0.05, 0) is 27.7 Å². The zero-order valence-electron chi connectivity index (χ0n) is 11.6. The molecule has 0 aliphatic carbocycles. The zero-order chi connectivity index (χ0) is 12.0. The van der Waals surface area contributed by atoms with Gasteiger partial charge < -0.3 is 23.0 Å². The fourth-order valence-electron chi connectivity index (χ4n) is 0.713. The molecule has 0 unspecified atom stereocenters. The normalized spacial score (nSPS) is 8.11. The van der Waals surface area contributed by atoms with Crippen molar-refractivity contribution in [3.8, 4) is 0 Å². The Kier molecular flexibility index (Phi) is 24.1. The van der Waals surface area contributed by atoms with Gasteiger partial charge in [0.2, 0.25) is 5.57 Å². The summed E-state index contributed by atoms with van der Waals surface area (Å²) in [6.07, 6.45) is -0.819. The summed E-state index contributed by atoms with van der Waals surface area (Å²) in [5.74, 6) is -0.787. The van der Waals surface area contributed by atoms with E-state index in [0.717, 1.165) is 0 Å². The minimum Gasteiger partial charge on any atom is -2.00 e. The molecule has 0 aliphatic heterocycles. The molecule has 5 nitrogen and oxygen atoms in total. The molecular weight excluding hydrogens is 310 g/mol. The Labute approximate surface area is 199 Å². The van der Waals surface area contributed by atoms with E-state index in [9.17, 15) is 14.4 Å². The smallest absolute Gasteiger partial charge is 1.00 e. The first-order chi connectivity index (χ1) is 6.88. The summed E-state index contributed by atoms with van der Waals surface area (Å²) < 4.78 is 9.33. The number of rotatable bonds is 4. The predicted octanol–water partition coefficient (Wildman–Crippen LogP) is -5.35. The summed E-state index contributed by atoms with van der Waals surface area (Å²) in [6.45, 7) is 6.42. The molecule has 0 spiro atoms. The van der Waals surface area contributed by atoms with Crippen molar-refractivity contribution in [3.05, 3.63) is 5.57 Å². The van der Waals surface area contributed by atoms with Gasteiger partial charge in [-0.25, -0.2) is 14.4 Å². The van der Waals surface area contributed by atoms with Gasteiger partial charge in [-0.3, -0.25) is 0 Å². The fourth-order valence-corrected chi connectivity index (χ4v) is 0.713. The van der Waals surface area contributed by atoms with Gasteiger partial charge in [0.25, 0.3) is 0 Å². The average molecular weight is 324 g/mol. The van der Waals surface area contributed by atoms with Crippen LogP contribution in [0.15, 0.2) is 5.57 Å². The molecule has 8 heteroatoms. The predicted molar refractivity (Wildman–Crippen MR) is 59.0 cm³/mol. The van der Waals surface area contributed by atoms with Crippen molar-refractivity contribution in [1.82, 2.24) is 0 Å². The quantitative estimate of drug-likeness (QED) is 0.129. The number of ether oxygens (including phenoxy) is 2. The van der Waals surface area contributed by atoms with Crippen molar-refractivity contribution in [2.45, 2.75) is 39.9 Å². The Morgan fingerprint density at radius 2 is 1.17 bits per heavy atom. The average Bonchev–Trinajstić information content (AvgIpc) is 2.01. The molecule has 0 radical (unpaired) electrons. The monoisotopic (exact) mass is 324 g/mol. The molecule has 0 amide bonds. The van der Waals surface area contributed by atoms with Crippen LogP contribution in [0.4, 0.5) is 0 Å². The second-order valence-electron chi connectivity index (χ2n) is 3.39. The van der Waals surface area contributed by atoms with E-state index in [-0.39, 0.29) is 116 Å². The maximum absolute atomic E-state index is 11.2. The maximum atomic E-state index is 11.2. The van der Waals surface area contributed by atoms with E-state index in [4.69, 9.17) is 0 Å². The van der Waals surface area contributed by atoms with E-state index in [0.29, 0.717) is 0 Å². The number of carbonyl (C=O) groups is 2. The minimum absolute atomic E-state index is 0. The maximum Gasteiger partial charge on any atom is 1.00 e. The van der Waals surface area contributed by atoms with E-state index in [1.807, 2.05) is 0 Å². The summed E-state index contributed by atoms with van der Waals surface area (Å²) >= 11 is 0. The number of hydrogen-bond donors (Lipinski definition) is 0. The minimum atomic E-state index is -1.01. The second-order valence-corrected chi connectivity index (χ2v) is 3.39. The SMILES string of the molecule is CC(C)OC(=O)C(=C=O)C(=O)OC(C)C.[K+].[K+].[S-2]. The van der Waals surface area contributed by atoms with Gasteiger partial charge in [0.15, 0.2) is 0 Å². The molecule has 0 aromatic carbocycles. The van der Waals surface area contributed by atoms with Crippen LogP contribution in [0.1, 0.15) is 27.7 Å². The second kappa shape index (κ2) is 15.4. The van der Waals surface area contributed by atoms with Crippen molar-refractivity contribution in [2.75, 3.05) is 0 Å². The van der Waals surface area contributed by atoms with Crippen molar-refractivity contribution < 1.29 is 127 Å². The molecule has 0 rings (SSSR count). The summed E-state index contributed by atoms with van der Waals surface area (Å²) in [4.78, 5) is 32.8. The van der Waals surface area contributed by atoms with Gasteiger partial charge in [0, 0.05) is 0 Å². The Balaban J connectivity index is -0.000000327. The Hall–Kier alpha value is 2.01. The van der Waals surface area contributed by atoms with Crippen LogP contribution in [0, 0.1) is 0 Å². The summed E-state index contributed by atoms with van der Waals surface area (Å²) in [5, 5.41) is 0. The van der Waals surface area contributed by atoms with Crippen molar-refractivity contribution in [2.24, 2.45) is 0 Å². The standard InChI is InChI=1S/C10H14O5.2K.S/c1-6(2)14-9(12)8(5-11)10(13)15-7(3)4;;;/h6-7H,1-4H3;;;/q;2*+1;-2. The van der Waals surface area contributed by atoms with Crippen LogP contribution >= 0.6 is 0 Å². The van der Waals surface area contributed by atoms with Crippen LogP contribution in [0.2, 0.25) is 0 Å². The summed E-state index contributed by atoms with van der Waals surface area (Å²) in [7, 11) is 0. The molecule has 0 aromatic rings. The zero-order valence-corrected chi connectivity index (χ0v) is 18.7. The van der Waals surface area contributed by atoms with Crippen LogP contribution in [0.25, 0.3) is 0 Å². The summed E-state index contributed by atoms with van der Waals surface area (Å²) in [6, 6.07) is 0. The molecule has 18 heavy (non-hydrogen) atoms. The largest absolute Gasteiger partial charge is 2.00 e. The molecule has 0 aliphatic rings. The van der Waals surface area contributed by atoms with Crippen LogP contribution < -0.4 is 103 Å². The van der Waals surface area contributed by atoms with Crippen LogP contribution in [0.5, 0.6) is 0 Å². The Morgan fingerprint density at radius 1 is 0.889 bits per heavy atom. The number of esters is 2. The molecule has 0 heterocycles. The van der Waals surface area contributed by atoms with E-state index in [2.05, 4.69) is 9.47 Å².